The zero-order chi connectivity index (χ0) is 26.5. The minimum atomic E-state index is -2.68. The maximum absolute atomic E-state index is 13.2. The highest BCUT2D eigenvalue weighted by atomic mass is 35.5. The summed E-state index contributed by atoms with van der Waals surface area (Å²) >= 11 is 13.2. The lowest BCUT2D eigenvalue weighted by Gasteiger charge is -2.32. The van der Waals surface area contributed by atoms with Crippen LogP contribution in [-0.2, 0) is 27.3 Å². The molecule has 5 rings (SSSR count). The van der Waals surface area contributed by atoms with Crippen molar-refractivity contribution in [1.82, 2.24) is 10.1 Å². The lowest BCUT2D eigenvalue weighted by atomic mass is 9.81. The van der Waals surface area contributed by atoms with Crippen LogP contribution < -0.4 is 5.32 Å². The quantitative estimate of drug-likeness (QED) is 0.331. The fraction of sp³-hybridized carbons (Fsp3) is 0.400. The molecule has 2 saturated carbocycles. The maximum Gasteiger partial charge on any atom is 0.249 e. The summed E-state index contributed by atoms with van der Waals surface area (Å²) in [6.45, 7) is 1.60. The van der Waals surface area contributed by atoms with E-state index in [1.807, 2.05) is 0 Å². The Balaban J connectivity index is 1.28. The number of nitrogens with one attached hydrogen (secondary N) is 1. The zero-order valence-corrected chi connectivity index (χ0v) is 22.0. The zero-order valence-electron chi connectivity index (χ0n) is 19.6. The number of thiol groups is 1. The largest absolute Gasteiger partial charge is 0.338 e. The van der Waals surface area contributed by atoms with Crippen molar-refractivity contribution in [3.8, 4) is 0 Å². The number of carbonyl (C=O) groups excluding carboxylic acids is 1. The molecule has 0 aliphatic heterocycles. The molecule has 0 radical (unpaired) electrons. The molecule has 1 N–H and O–H groups in total. The van der Waals surface area contributed by atoms with Gasteiger partial charge in [0.25, 0.3) is 0 Å². The van der Waals surface area contributed by atoms with Crippen LogP contribution in [0.15, 0.2) is 40.9 Å². The number of hydrogen-bond acceptors (Lipinski definition) is 6. The standard InChI is InChI=1S/C25H23Cl2F2N3O4S/c1-13(37(34)35)15-4-2-14(3-5-15)8-20(33)30-17-9-18(26)21(19(27)10-17)24(6-7-24)23-31-22(32-36-23)16-11-25(28,29)12-16/h2-5,9-10,13,16,37H,6-8,11-12H2,1H3,(H,30,33). The Morgan fingerprint density at radius 2 is 1.78 bits per heavy atom. The Morgan fingerprint density at radius 3 is 2.32 bits per heavy atom. The smallest absolute Gasteiger partial charge is 0.249 e. The van der Waals surface area contributed by atoms with Crippen LogP contribution in [0.1, 0.15) is 72.2 Å². The molecule has 0 spiro atoms. The molecule has 37 heavy (non-hydrogen) atoms. The van der Waals surface area contributed by atoms with Gasteiger partial charge in [-0.1, -0.05) is 52.6 Å². The Labute approximate surface area is 223 Å². The molecule has 2 aliphatic rings. The fourth-order valence-corrected chi connectivity index (χ4v) is 5.93. The van der Waals surface area contributed by atoms with Gasteiger partial charge < -0.3 is 9.84 Å². The van der Waals surface area contributed by atoms with Crippen LogP contribution >= 0.6 is 23.2 Å². The number of carbonyl (C=O) groups is 1. The van der Waals surface area contributed by atoms with Crippen molar-refractivity contribution >= 4 is 45.5 Å². The molecule has 1 aromatic heterocycles. The molecule has 1 amide bonds. The lowest BCUT2D eigenvalue weighted by Crippen LogP contribution is -2.34. The van der Waals surface area contributed by atoms with Crippen LogP contribution in [0.3, 0.4) is 0 Å². The molecule has 12 heteroatoms. The van der Waals surface area contributed by atoms with Crippen molar-refractivity contribution in [1.29, 1.82) is 0 Å². The summed E-state index contributed by atoms with van der Waals surface area (Å²) in [5.74, 6) is -2.83. The van der Waals surface area contributed by atoms with E-state index in [-0.39, 0.29) is 31.0 Å². The summed E-state index contributed by atoms with van der Waals surface area (Å²) in [6.07, 6.45) is 0.814. The van der Waals surface area contributed by atoms with Crippen LogP contribution in [0, 0.1) is 0 Å². The minimum Gasteiger partial charge on any atom is -0.338 e. The molecule has 1 atom stereocenters. The molecule has 3 aromatic rings. The number of nitrogens with zero attached hydrogens (tertiary/aromatic N) is 2. The molecule has 1 heterocycles. The molecular weight excluding hydrogens is 547 g/mol. The van der Waals surface area contributed by atoms with Crippen molar-refractivity contribution in [3.05, 3.63) is 74.8 Å². The Hall–Kier alpha value is -2.56. The summed E-state index contributed by atoms with van der Waals surface area (Å²) < 4.78 is 54.3. The fourth-order valence-electron chi connectivity index (χ4n) is 4.66. The second kappa shape index (κ2) is 9.63. The predicted octanol–water partition coefficient (Wildman–Crippen LogP) is 5.82. The van der Waals surface area contributed by atoms with Crippen LogP contribution in [0.2, 0.25) is 10.0 Å². The highest BCUT2D eigenvalue weighted by Gasteiger charge is 2.54. The predicted molar refractivity (Wildman–Crippen MR) is 135 cm³/mol. The number of amides is 1. The van der Waals surface area contributed by atoms with Crippen molar-refractivity contribution in [2.75, 3.05) is 5.32 Å². The van der Waals surface area contributed by atoms with E-state index in [2.05, 4.69) is 15.5 Å². The minimum absolute atomic E-state index is 0.0735. The molecule has 2 aromatic carbocycles. The van der Waals surface area contributed by atoms with Gasteiger partial charge in [0.1, 0.15) is 10.7 Å². The van der Waals surface area contributed by atoms with Crippen LogP contribution in [-0.4, -0.2) is 30.4 Å². The highest BCUT2D eigenvalue weighted by molar-refractivity contribution is 7.72. The second-order valence-corrected chi connectivity index (χ2v) is 11.9. The van der Waals surface area contributed by atoms with Gasteiger partial charge in [-0.25, -0.2) is 17.2 Å². The first-order chi connectivity index (χ1) is 17.5. The number of alkyl halides is 2. The van der Waals surface area contributed by atoms with E-state index in [1.165, 1.54) is 0 Å². The summed E-state index contributed by atoms with van der Waals surface area (Å²) in [7, 11) is -2.57. The molecule has 0 saturated heterocycles. The van der Waals surface area contributed by atoms with Gasteiger partial charge >= 0.3 is 0 Å². The normalized spacial score (nSPS) is 18.9. The molecule has 2 fully saturated rings. The molecular formula is C25H23Cl2F2N3O4S. The van der Waals surface area contributed by atoms with Crippen LogP contribution in [0.25, 0.3) is 0 Å². The average Bonchev–Trinajstić information content (AvgIpc) is 3.43. The number of aromatic nitrogens is 2. The van der Waals surface area contributed by atoms with E-state index in [4.69, 9.17) is 27.7 Å². The number of benzene rings is 2. The van der Waals surface area contributed by atoms with Gasteiger partial charge in [0, 0.05) is 40.1 Å². The maximum atomic E-state index is 13.2. The first-order valence-corrected chi connectivity index (χ1v) is 13.7. The van der Waals surface area contributed by atoms with Gasteiger partial charge in [0.05, 0.1) is 17.1 Å². The highest BCUT2D eigenvalue weighted by Crippen LogP contribution is 2.58. The third-order valence-electron chi connectivity index (χ3n) is 7.00. The first-order valence-electron chi connectivity index (χ1n) is 11.7. The third-order valence-corrected chi connectivity index (χ3v) is 8.53. The molecule has 2 aliphatic carbocycles. The molecule has 1 unspecified atom stereocenters. The van der Waals surface area contributed by atoms with E-state index < -0.39 is 33.2 Å². The van der Waals surface area contributed by atoms with Crippen molar-refractivity contribution < 1.29 is 26.5 Å². The van der Waals surface area contributed by atoms with Gasteiger partial charge in [-0.15, -0.1) is 0 Å². The Bertz CT molecular complexity index is 1400. The van der Waals surface area contributed by atoms with Crippen LogP contribution in [0.5, 0.6) is 0 Å². The average molecular weight is 570 g/mol. The van der Waals surface area contributed by atoms with E-state index >= 15 is 0 Å². The van der Waals surface area contributed by atoms with Gasteiger partial charge in [-0.05, 0) is 43.0 Å². The summed E-state index contributed by atoms with van der Waals surface area (Å²) in [5.41, 5.74) is 1.71. The van der Waals surface area contributed by atoms with Gasteiger partial charge in [-0.2, -0.15) is 4.98 Å². The van der Waals surface area contributed by atoms with Crippen molar-refractivity contribution in [3.63, 3.8) is 0 Å². The summed E-state index contributed by atoms with van der Waals surface area (Å²) in [6, 6.07) is 10.0. The van der Waals surface area contributed by atoms with Gasteiger partial charge in [-0.3, -0.25) is 4.79 Å². The molecule has 0 bridgehead atoms. The van der Waals surface area contributed by atoms with E-state index in [1.54, 1.807) is 43.3 Å². The number of halogens is 4. The van der Waals surface area contributed by atoms with Crippen molar-refractivity contribution in [2.24, 2.45) is 0 Å². The lowest BCUT2D eigenvalue weighted by molar-refractivity contribution is -0.115. The number of anilines is 1. The van der Waals surface area contributed by atoms with E-state index in [0.717, 1.165) is 5.56 Å². The summed E-state index contributed by atoms with van der Waals surface area (Å²) in [4.78, 5) is 17.0. The Kier molecular flexibility index (Phi) is 6.79. The Morgan fingerprint density at radius 1 is 1.16 bits per heavy atom. The number of rotatable bonds is 8. The topological polar surface area (TPSA) is 102 Å². The SMILES string of the molecule is CC(c1ccc(CC(=O)Nc2cc(Cl)c(C3(c4nc(C5CC(F)(F)C5)no4)CC3)c(Cl)c2)cc1)[SH](=O)=O. The van der Waals surface area contributed by atoms with E-state index in [9.17, 15) is 22.0 Å². The van der Waals surface area contributed by atoms with E-state index in [0.29, 0.717) is 45.6 Å². The first kappa shape index (κ1) is 26.1. The molecule has 196 valence electrons. The van der Waals surface area contributed by atoms with Crippen molar-refractivity contribution in [2.45, 2.75) is 61.5 Å². The monoisotopic (exact) mass is 569 g/mol. The van der Waals surface area contributed by atoms with Gasteiger partial charge in [0.15, 0.2) is 5.82 Å². The third kappa shape index (κ3) is 5.24. The number of hydrogen-bond donors (Lipinski definition) is 2. The second-order valence-electron chi connectivity index (χ2n) is 9.74. The molecule has 7 nitrogen and oxygen atoms in total. The van der Waals surface area contributed by atoms with Crippen LogP contribution in [0.4, 0.5) is 14.5 Å². The van der Waals surface area contributed by atoms with Gasteiger partial charge in [0.2, 0.25) is 17.7 Å². The summed E-state index contributed by atoms with van der Waals surface area (Å²) in [5, 5.41) is 6.74.